The van der Waals surface area contributed by atoms with Crippen molar-refractivity contribution in [2.75, 3.05) is 18.8 Å². The summed E-state index contributed by atoms with van der Waals surface area (Å²) in [5.74, 6) is 0.751. The van der Waals surface area contributed by atoms with E-state index in [2.05, 4.69) is 21.3 Å². The van der Waals surface area contributed by atoms with Gasteiger partial charge in [-0.05, 0) is 6.42 Å². The van der Waals surface area contributed by atoms with Gasteiger partial charge in [0.1, 0.15) is 17.0 Å². The smallest absolute Gasteiger partial charge is 0.214 e. The summed E-state index contributed by atoms with van der Waals surface area (Å²) in [5, 5.41) is 18.2. The Morgan fingerprint density at radius 1 is 1.18 bits per heavy atom. The lowest BCUT2D eigenvalue weighted by molar-refractivity contribution is 0.0718. The van der Waals surface area contributed by atoms with Crippen LogP contribution in [0.4, 0.5) is 0 Å². The molecular weight excluding hydrogens is 442 g/mol. The third-order valence-electron chi connectivity index (χ3n) is 5.92. The van der Waals surface area contributed by atoms with Gasteiger partial charge in [0.05, 0.1) is 41.9 Å². The molecular formula is C21H23N9O2S. The van der Waals surface area contributed by atoms with Crippen molar-refractivity contribution in [1.29, 1.82) is 5.26 Å². The summed E-state index contributed by atoms with van der Waals surface area (Å²) in [6.07, 6.45) is 11.4. The molecule has 0 bridgehead atoms. The Morgan fingerprint density at radius 2 is 1.97 bits per heavy atom. The topological polar surface area (TPSA) is 127 Å². The normalized spacial score (nSPS) is 16.0. The van der Waals surface area contributed by atoms with Crippen LogP contribution in [0, 0.1) is 11.3 Å². The Kier molecular flexibility index (Phi) is 5.02. The van der Waals surface area contributed by atoms with Crippen LogP contribution in [0.2, 0.25) is 0 Å². The van der Waals surface area contributed by atoms with Crippen molar-refractivity contribution in [3.63, 3.8) is 0 Å². The van der Waals surface area contributed by atoms with Crippen molar-refractivity contribution in [2.45, 2.75) is 25.3 Å². The van der Waals surface area contributed by atoms with Gasteiger partial charge < -0.3 is 0 Å². The minimum Gasteiger partial charge on any atom is -0.284 e. The number of hydrogen-bond donors (Lipinski definition) is 0. The monoisotopic (exact) mass is 465 g/mol. The fraction of sp³-hybridized carbons (Fsp3) is 0.381. The van der Waals surface area contributed by atoms with Gasteiger partial charge in [-0.25, -0.2) is 18.4 Å². The van der Waals surface area contributed by atoms with E-state index in [0.29, 0.717) is 12.2 Å². The summed E-state index contributed by atoms with van der Waals surface area (Å²) in [6, 6.07) is 4.09. The molecule has 0 aliphatic carbocycles. The molecule has 0 aromatic carbocycles. The van der Waals surface area contributed by atoms with Crippen LogP contribution in [-0.2, 0) is 22.6 Å². The van der Waals surface area contributed by atoms with Crippen LogP contribution < -0.4 is 0 Å². The first kappa shape index (κ1) is 21.3. The molecule has 5 rings (SSSR count). The highest BCUT2D eigenvalue weighted by Crippen LogP contribution is 2.35. The quantitative estimate of drug-likeness (QED) is 0.406. The number of nitriles is 1. The van der Waals surface area contributed by atoms with Gasteiger partial charge in [-0.3, -0.25) is 13.8 Å². The van der Waals surface area contributed by atoms with E-state index < -0.39 is 15.6 Å². The molecule has 170 valence electrons. The van der Waals surface area contributed by atoms with Crippen molar-refractivity contribution in [3.8, 4) is 28.7 Å². The minimum atomic E-state index is -3.32. The summed E-state index contributed by atoms with van der Waals surface area (Å²) in [4.78, 5) is 9.25. The Balaban J connectivity index is 1.52. The predicted octanol–water partition coefficient (Wildman–Crippen LogP) is 1.66. The van der Waals surface area contributed by atoms with Crippen LogP contribution >= 0.6 is 0 Å². The van der Waals surface area contributed by atoms with Crippen LogP contribution in [-0.4, -0.2) is 65.5 Å². The van der Waals surface area contributed by atoms with Crippen LogP contribution in [0.3, 0.4) is 0 Å². The molecule has 33 heavy (non-hydrogen) atoms. The average Bonchev–Trinajstić information content (AvgIpc) is 3.49. The van der Waals surface area contributed by atoms with Gasteiger partial charge in [0.25, 0.3) is 0 Å². The second-order valence-electron chi connectivity index (χ2n) is 8.34. The number of aromatic nitrogens is 7. The number of rotatable bonds is 7. The largest absolute Gasteiger partial charge is 0.284 e. The van der Waals surface area contributed by atoms with E-state index in [9.17, 15) is 13.7 Å². The van der Waals surface area contributed by atoms with Gasteiger partial charge in [-0.1, -0.05) is 6.92 Å². The van der Waals surface area contributed by atoms with Crippen molar-refractivity contribution in [3.05, 3.63) is 43.2 Å². The SMILES string of the molecule is CCCS(=O)(=O)N1CC(CC#N)(n2cc(-c3nc(-c4cnn(C)c4)cc4nccn34)cn2)C1. The highest BCUT2D eigenvalue weighted by molar-refractivity contribution is 7.89. The van der Waals surface area contributed by atoms with Crippen LogP contribution in [0.15, 0.2) is 43.2 Å². The second kappa shape index (κ2) is 7.79. The van der Waals surface area contributed by atoms with E-state index in [1.54, 1.807) is 28.0 Å². The molecule has 1 aliphatic rings. The van der Waals surface area contributed by atoms with Gasteiger partial charge in [0, 0.05) is 56.6 Å². The number of fused-ring (bicyclic) bond motifs is 1. The van der Waals surface area contributed by atoms with Gasteiger partial charge in [-0.15, -0.1) is 0 Å². The number of hydrogen-bond acceptors (Lipinski definition) is 7. The number of sulfonamides is 1. The molecule has 5 heterocycles. The first-order valence-electron chi connectivity index (χ1n) is 10.6. The maximum absolute atomic E-state index is 12.4. The van der Waals surface area contributed by atoms with Gasteiger partial charge in [-0.2, -0.15) is 19.8 Å². The molecule has 0 saturated carbocycles. The predicted molar refractivity (Wildman–Crippen MR) is 120 cm³/mol. The summed E-state index contributed by atoms with van der Waals surface area (Å²) in [5.41, 5.74) is 2.39. The number of nitrogens with zero attached hydrogens (tertiary/aromatic N) is 9. The van der Waals surface area contributed by atoms with Crippen LogP contribution in [0.5, 0.6) is 0 Å². The van der Waals surface area contributed by atoms with Crippen LogP contribution in [0.25, 0.3) is 28.3 Å². The van der Waals surface area contributed by atoms with Gasteiger partial charge in [0.15, 0.2) is 0 Å². The lowest BCUT2D eigenvalue weighted by Gasteiger charge is -2.47. The summed E-state index contributed by atoms with van der Waals surface area (Å²) < 4.78 is 31.6. The van der Waals surface area contributed by atoms with Crippen molar-refractivity contribution in [2.24, 2.45) is 7.05 Å². The highest BCUT2D eigenvalue weighted by atomic mass is 32.2. The van der Waals surface area contributed by atoms with E-state index in [0.717, 1.165) is 22.5 Å². The van der Waals surface area contributed by atoms with E-state index >= 15 is 0 Å². The van der Waals surface area contributed by atoms with E-state index in [-0.39, 0.29) is 25.3 Å². The molecule has 1 fully saturated rings. The number of aryl methyl sites for hydroxylation is 1. The fourth-order valence-electron chi connectivity index (χ4n) is 4.20. The first-order valence-corrected chi connectivity index (χ1v) is 12.2. The average molecular weight is 466 g/mol. The van der Waals surface area contributed by atoms with Crippen molar-refractivity contribution < 1.29 is 8.42 Å². The molecule has 1 saturated heterocycles. The van der Waals surface area contributed by atoms with E-state index in [1.807, 2.05) is 43.0 Å². The molecule has 12 heteroatoms. The molecule has 0 atom stereocenters. The van der Waals surface area contributed by atoms with E-state index in [1.165, 1.54) is 4.31 Å². The molecule has 1 aliphatic heterocycles. The number of imidazole rings is 1. The Labute approximate surface area is 191 Å². The van der Waals surface area contributed by atoms with Crippen molar-refractivity contribution in [1.82, 2.24) is 38.2 Å². The molecule has 4 aromatic rings. The molecule has 0 amide bonds. The molecule has 0 unspecified atom stereocenters. The summed E-state index contributed by atoms with van der Waals surface area (Å²) >= 11 is 0. The Bertz CT molecular complexity index is 1470. The third kappa shape index (κ3) is 3.59. The van der Waals surface area contributed by atoms with Gasteiger partial charge in [0.2, 0.25) is 10.0 Å². The fourth-order valence-corrected chi connectivity index (χ4v) is 5.85. The van der Waals surface area contributed by atoms with E-state index in [4.69, 9.17) is 4.98 Å². The van der Waals surface area contributed by atoms with Crippen LogP contribution in [0.1, 0.15) is 19.8 Å². The molecule has 4 aromatic heterocycles. The van der Waals surface area contributed by atoms with Crippen molar-refractivity contribution >= 4 is 15.7 Å². The second-order valence-corrected chi connectivity index (χ2v) is 10.4. The highest BCUT2D eigenvalue weighted by Gasteiger charge is 2.50. The third-order valence-corrected chi connectivity index (χ3v) is 7.89. The summed E-state index contributed by atoms with van der Waals surface area (Å²) in [7, 11) is -1.47. The molecule has 0 radical (unpaired) electrons. The Morgan fingerprint density at radius 3 is 2.67 bits per heavy atom. The standard InChI is InChI=1S/C21H23N9O2S/c1-3-8-33(31,32)28-14-21(15-28,4-5-22)30-13-17(11-25-30)20-26-18(16-10-24-27(2)12-16)9-19-23-6-7-29(19)20/h6-7,9-13H,3-4,8,14-15H2,1-2H3. The lowest BCUT2D eigenvalue weighted by Crippen LogP contribution is -2.64. The zero-order valence-electron chi connectivity index (χ0n) is 18.3. The zero-order chi connectivity index (χ0) is 23.2. The Hall–Kier alpha value is -3.56. The van der Waals surface area contributed by atoms with Gasteiger partial charge >= 0.3 is 0 Å². The molecule has 11 nitrogen and oxygen atoms in total. The first-order chi connectivity index (χ1) is 15.8. The maximum Gasteiger partial charge on any atom is 0.214 e. The minimum absolute atomic E-state index is 0.101. The molecule has 0 N–H and O–H groups in total. The zero-order valence-corrected chi connectivity index (χ0v) is 19.1. The summed E-state index contributed by atoms with van der Waals surface area (Å²) in [6.45, 7) is 2.30. The maximum atomic E-state index is 12.4. The lowest BCUT2D eigenvalue weighted by atomic mass is 9.89. The molecule has 0 spiro atoms.